The van der Waals surface area contributed by atoms with Gasteiger partial charge in [0.2, 0.25) is 0 Å². The van der Waals surface area contributed by atoms with E-state index in [-0.39, 0.29) is 0 Å². The fourth-order valence-corrected chi connectivity index (χ4v) is 1.77. The van der Waals surface area contributed by atoms with Gasteiger partial charge in [0.1, 0.15) is 5.82 Å². The molecule has 4 N–H and O–H groups in total. The molecule has 0 aromatic carbocycles. The molecule has 0 aliphatic carbocycles. The molecule has 0 bridgehead atoms. The standard InChI is InChI=1S/C11H21N5O/c12-3-7-17-6-1-4-14-11-2-5-15-16(11)10-8-13-9-10/h2,5,10,13-14H,1,3-4,6-9,12H2. The monoisotopic (exact) mass is 239 g/mol. The van der Waals surface area contributed by atoms with Gasteiger partial charge in [-0.05, 0) is 6.42 Å². The van der Waals surface area contributed by atoms with Crippen molar-refractivity contribution in [2.24, 2.45) is 5.73 Å². The summed E-state index contributed by atoms with van der Waals surface area (Å²) in [6, 6.07) is 2.51. The molecule has 1 aromatic rings. The molecule has 6 nitrogen and oxygen atoms in total. The van der Waals surface area contributed by atoms with Crippen molar-refractivity contribution in [3.63, 3.8) is 0 Å². The van der Waals surface area contributed by atoms with Crippen LogP contribution in [0.25, 0.3) is 0 Å². The van der Waals surface area contributed by atoms with Gasteiger partial charge in [-0.25, -0.2) is 4.68 Å². The zero-order valence-electron chi connectivity index (χ0n) is 10.1. The number of nitrogens with zero attached hydrogens (tertiary/aromatic N) is 2. The predicted octanol–water partition coefficient (Wildman–Crippen LogP) is -0.195. The van der Waals surface area contributed by atoms with E-state index in [1.807, 2.05) is 12.3 Å². The summed E-state index contributed by atoms with van der Waals surface area (Å²) in [5.74, 6) is 1.09. The molecule has 1 saturated heterocycles. The van der Waals surface area contributed by atoms with E-state index in [0.29, 0.717) is 19.2 Å². The predicted molar refractivity (Wildman–Crippen MR) is 67.1 cm³/mol. The topological polar surface area (TPSA) is 77.1 Å². The molecular formula is C11H21N5O. The molecule has 0 spiro atoms. The van der Waals surface area contributed by atoms with Gasteiger partial charge in [0.15, 0.2) is 0 Å². The second kappa shape index (κ2) is 6.58. The maximum absolute atomic E-state index is 5.34. The fourth-order valence-electron chi connectivity index (χ4n) is 1.77. The number of rotatable bonds is 8. The molecule has 1 aliphatic heterocycles. The Morgan fingerprint density at radius 1 is 1.53 bits per heavy atom. The molecule has 0 saturated carbocycles. The van der Waals surface area contributed by atoms with Gasteiger partial charge in [0.25, 0.3) is 0 Å². The van der Waals surface area contributed by atoms with Crippen molar-refractivity contribution in [1.29, 1.82) is 0 Å². The summed E-state index contributed by atoms with van der Waals surface area (Å²) < 4.78 is 7.37. The molecule has 0 atom stereocenters. The van der Waals surface area contributed by atoms with E-state index in [1.54, 1.807) is 0 Å². The highest BCUT2D eigenvalue weighted by Gasteiger charge is 2.21. The molecule has 2 rings (SSSR count). The van der Waals surface area contributed by atoms with E-state index in [4.69, 9.17) is 10.5 Å². The zero-order chi connectivity index (χ0) is 11.9. The Balaban J connectivity index is 1.66. The Hall–Kier alpha value is -1.11. The molecule has 17 heavy (non-hydrogen) atoms. The third-order valence-electron chi connectivity index (χ3n) is 2.81. The van der Waals surface area contributed by atoms with Crippen molar-refractivity contribution < 1.29 is 4.74 Å². The second-order valence-electron chi connectivity index (χ2n) is 4.15. The van der Waals surface area contributed by atoms with Gasteiger partial charge in [-0.15, -0.1) is 0 Å². The van der Waals surface area contributed by atoms with E-state index in [1.165, 1.54) is 0 Å². The van der Waals surface area contributed by atoms with Gasteiger partial charge in [-0.2, -0.15) is 5.10 Å². The lowest BCUT2D eigenvalue weighted by atomic mass is 10.2. The Bertz CT molecular complexity index is 323. The molecule has 6 heteroatoms. The first kappa shape index (κ1) is 12.3. The first-order chi connectivity index (χ1) is 8.42. The normalized spacial score (nSPS) is 15.8. The van der Waals surface area contributed by atoms with E-state index < -0.39 is 0 Å². The number of ether oxygens (including phenoxy) is 1. The Morgan fingerprint density at radius 3 is 3.12 bits per heavy atom. The Morgan fingerprint density at radius 2 is 2.41 bits per heavy atom. The number of nitrogens with one attached hydrogen (secondary N) is 2. The average Bonchev–Trinajstić information content (AvgIpc) is 2.69. The Labute approximate surface area is 102 Å². The summed E-state index contributed by atoms with van der Waals surface area (Å²) in [5.41, 5.74) is 5.34. The minimum Gasteiger partial charge on any atom is -0.380 e. The molecule has 96 valence electrons. The van der Waals surface area contributed by atoms with Crippen LogP contribution in [0, 0.1) is 0 Å². The average molecular weight is 239 g/mol. The van der Waals surface area contributed by atoms with E-state index in [0.717, 1.165) is 38.5 Å². The van der Waals surface area contributed by atoms with E-state index >= 15 is 0 Å². The highest BCUT2D eigenvalue weighted by Crippen LogP contribution is 2.17. The highest BCUT2D eigenvalue weighted by atomic mass is 16.5. The number of aromatic nitrogens is 2. The molecule has 1 aromatic heterocycles. The summed E-state index contributed by atoms with van der Waals surface area (Å²) >= 11 is 0. The molecule has 0 unspecified atom stereocenters. The quantitative estimate of drug-likeness (QED) is 0.548. The van der Waals surface area contributed by atoms with Crippen LogP contribution in [0.15, 0.2) is 12.3 Å². The number of hydrogen-bond donors (Lipinski definition) is 3. The first-order valence-electron chi connectivity index (χ1n) is 6.17. The van der Waals surface area contributed by atoms with Crippen LogP contribution >= 0.6 is 0 Å². The lowest BCUT2D eigenvalue weighted by Gasteiger charge is -2.28. The third-order valence-corrected chi connectivity index (χ3v) is 2.81. The van der Waals surface area contributed by atoms with Gasteiger partial charge in [-0.1, -0.05) is 0 Å². The second-order valence-corrected chi connectivity index (χ2v) is 4.15. The number of anilines is 1. The van der Waals surface area contributed by atoms with Crippen LogP contribution in [-0.2, 0) is 4.74 Å². The minimum atomic E-state index is 0.501. The van der Waals surface area contributed by atoms with E-state index in [9.17, 15) is 0 Å². The summed E-state index contributed by atoms with van der Waals surface area (Å²) in [6.45, 7) is 4.91. The Kier molecular flexibility index (Phi) is 4.78. The zero-order valence-corrected chi connectivity index (χ0v) is 10.1. The van der Waals surface area contributed by atoms with Crippen LogP contribution in [-0.4, -0.2) is 49.2 Å². The van der Waals surface area contributed by atoms with Crippen molar-refractivity contribution in [2.45, 2.75) is 12.5 Å². The number of hydrogen-bond acceptors (Lipinski definition) is 5. The van der Waals surface area contributed by atoms with Gasteiger partial charge >= 0.3 is 0 Å². The van der Waals surface area contributed by atoms with Crippen molar-refractivity contribution >= 4 is 5.82 Å². The summed E-state index contributed by atoms with van der Waals surface area (Å²) in [4.78, 5) is 0. The molecule has 1 fully saturated rings. The van der Waals surface area contributed by atoms with Crippen LogP contribution in [0.1, 0.15) is 12.5 Å². The van der Waals surface area contributed by atoms with Crippen LogP contribution in [0.5, 0.6) is 0 Å². The lowest BCUT2D eigenvalue weighted by Crippen LogP contribution is -2.44. The molecule has 1 aliphatic rings. The van der Waals surface area contributed by atoms with Crippen molar-refractivity contribution in [3.05, 3.63) is 12.3 Å². The van der Waals surface area contributed by atoms with Crippen LogP contribution in [0.4, 0.5) is 5.82 Å². The van der Waals surface area contributed by atoms with Gasteiger partial charge in [-0.3, -0.25) is 0 Å². The van der Waals surface area contributed by atoms with Gasteiger partial charge < -0.3 is 21.1 Å². The van der Waals surface area contributed by atoms with E-state index in [2.05, 4.69) is 20.4 Å². The maximum Gasteiger partial charge on any atom is 0.124 e. The molecular weight excluding hydrogens is 218 g/mol. The summed E-state index contributed by atoms with van der Waals surface area (Å²) in [6.07, 6.45) is 2.82. The summed E-state index contributed by atoms with van der Waals surface area (Å²) in [7, 11) is 0. The number of nitrogens with two attached hydrogens (primary N) is 1. The SMILES string of the molecule is NCCOCCCNc1ccnn1C1CNC1. The van der Waals surface area contributed by atoms with Crippen molar-refractivity contribution in [3.8, 4) is 0 Å². The summed E-state index contributed by atoms with van der Waals surface area (Å²) in [5, 5.41) is 11.0. The molecule has 0 radical (unpaired) electrons. The lowest BCUT2D eigenvalue weighted by molar-refractivity contribution is 0.141. The van der Waals surface area contributed by atoms with Crippen LogP contribution in [0.2, 0.25) is 0 Å². The third kappa shape index (κ3) is 3.42. The highest BCUT2D eigenvalue weighted by molar-refractivity contribution is 5.34. The van der Waals surface area contributed by atoms with Crippen molar-refractivity contribution in [2.75, 3.05) is 44.7 Å². The van der Waals surface area contributed by atoms with Crippen LogP contribution in [0.3, 0.4) is 0 Å². The molecule has 2 heterocycles. The minimum absolute atomic E-state index is 0.501. The van der Waals surface area contributed by atoms with Crippen molar-refractivity contribution in [1.82, 2.24) is 15.1 Å². The fraction of sp³-hybridized carbons (Fsp3) is 0.727. The molecule has 0 amide bonds. The van der Waals surface area contributed by atoms with Crippen LogP contribution < -0.4 is 16.4 Å². The van der Waals surface area contributed by atoms with Gasteiger partial charge in [0.05, 0.1) is 18.8 Å². The maximum atomic E-state index is 5.34. The largest absolute Gasteiger partial charge is 0.380 e. The first-order valence-corrected chi connectivity index (χ1v) is 6.17. The van der Waals surface area contributed by atoms with Gasteiger partial charge in [0, 0.05) is 38.9 Å². The smallest absolute Gasteiger partial charge is 0.124 e.